The van der Waals surface area contributed by atoms with E-state index in [0.29, 0.717) is 10.0 Å². The van der Waals surface area contributed by atoms with Crippen LogP contribution in [0.5, 0.6) is 0 Å². The molecule has 0 fully saturated rings. The van der Waals surface area contributed by atoms with Gasteiger partial charge in [-0.05, 0) is 31.7 Å². The molecule has 94 valence electrons. The van der Waals surface area contributed by atoms with E-state index >= 15 is 0 Å². The summed E-state index contributed by atoms with van der Waals surface area (Å²) in [5.41, 5.74) is 1.78. The Balaban J connectivity index is 2.49. The van der Waals surface area contributed by atoms with E-state index in [0.717, 1.165) is 17.1 Å². The van der Waals surface area contributed by atoms with Crippen molar-refractivity contribution < 1.29 is 0 Å². The lowest BCUT2D eigenvalue weighted by molar-refractivity contribution is 0.665. The highest BCUT2D eigenvalue weighted by Gasteiger charge is 2.18. The van der Waals surface area contributed by atoms with Gasteiger partial charge in [-0.25, -0.2) is 9.97 Å². The molecule has 5 heteroatoms. The molecule has 2 aromatic rings. The van der Waals surface area contributed by atoms with Gasteiger partial charge in [0.25, 0.3) is 0 Å². The zero-order valence-corrected chi connectivity index (χ0v) is 11.6. The summed E-state index contributed by atoms with van der Waals surface area (Å²) in [5.74, 6) is 0.728. The van der Waals surface area contributed by atoms with Crippen LogP contribution in [0.3, 0.4) is 0 Å². The molecular weight excluding hydrogens is 269 g/mol. The van der Waals surface area contributed by atoms with Crippen molar-refractivity contribution in [3.63, 3.8) is 0 Å². The van der Waals surface area contributed by atoms with Crippen LogP contribution in [-0.2, 0) is 0 Å². The van der Waals surface area contributed by atoms with Crippen molar-refractivity contribution in [2.75, 3.05) is 7.05 Å². The standard InChI is InChI=1S/C13H13Cl2N3/c1-8-17-7-6-11(18-8)13(16-2)9-4-3-5-10(14)12(9)15/h3-7,13,16H,1-2H3. The Kier molecular flexibility index (Phi) is 4.17. The van der Waals surface area contributed by atoms with Crippen LogP contribution in [0.2, 0.25) is 10.0 Å². The fourth-order valence-corrected chi connectivity index (χ4v) is 2.26. The van der Waals surface area contributed by atoms with E-state index < -0.39 is 0 Å². The molecule has 0 radical (unpaired) electrons. The van der Waals surface area contributed by atoms with Gasteiger partial charge >= 0.3 is 0 Å². The SMILES string of the molecule is CNC(c1ccnc(C)n1)c1cccc(Cl)c1Cl. The summed E-state index contributed by atoms with van der Waals surface area (Å²) in [4.78, 5) is 8.51. The molecular formula is C13H13Cl2N3. The number of halogens is 2. The van der Waals surface area contributed by atoms with Gasteiger partial charge < -0.3 is 5.32 Å². The first kappa shape index (κ1) is 13.3. The maximum absolute atomic E-state index is 6.24. The first-order chi connectivity index (χ1) is 8.63. The molecule has 0 saturated heterocycles. The Labute approximate surface area is 116 Å². The lowest BCUT2D eigenvalue weighted by Gasteiger charge is -2.18. The number of benzene rings is 1. The van der Waals surface area contributed by atoms with Crippen LogP contribution < -0.4 is 5.32 Å². The van der Waals surface area contributed by atoms with Crippen LogP contribution in [0, 0.1) is 6.92 Å². The Morgan fingerprint density at radius 2 is 2.00 bits per heavy atom. The van der Waals surface area contributed by atoms with Crippen molar-refractivity contribution in [1.82, 2.24) is 15.3 Å². The number of aromatic nitrogens is 2. The van der Waals surface area contributed by atoms with E-state index in [1.54, 1.807) is 12.3 Å². The van der Waals surface area contributed by atoms with E-state index in [2.05, 4.69) is 15.3 Å². The third-order valence-corrected chi connectivity index (χ3v) is 3.51. The molecule has 0 aliphatic carbocycles. The number of nitrogens with zero attached hydrogens (tertiary/aromatic N) is 2. The van der Waals surface area contributed by atoms with Crippen LogP contribution in [0.25, 0.3) is 0 Å². The third kappa shape index (κ3) is 2.64. The maximum Gasteiger partial charge on any atom is 0.125 e. The summed E-state index contributed by atoms with van der Waals surface area (Å²) in [6.07, 6.45) is 1.74. The Morgan fingerprint density at radius 3 is 2.67 bits per heavy atom. The van der Waals surface area contributed by atoms with Crippen LogP contribution in [0.1, 0.15) is 23.1 Å². The van der Waals surface area contributed by atoms with E-state index in [1.165, 1.54) is 0 Å². The topological polar surface area (TPSA) is 37.8 Å². The van der Waals surface area contributed by atoms with Gasteiger partial charge in [0, 0.05) is 6.20 Å². The summed E-state index contributed by atoms with van der Waals surface area (Å²) < 4.78 is 0. The molecule has 3 nitrogen and oxygen atoms in total. The van der Waals surface area contributed by atoms with Gasteiger partial charge in [0.1, 0.15) is 5.82 Å². The lowest BCUT2D eigenvalue weighted by Crippen LogP contribution is -2.19. The fourth-order valence-electron chi connectivity index (χ4n) is 1.84. The molecule has 0 aliphatic heterocycles. The maximum atomic E-state index is 6.24. The van der Waals surface area contributed by atoms with Gasteiger partial charge in [-0.2, -0.15) is 0 Å². The molecule has 0 spiro atoms. The highest BCUT2D eigenvalue weighted by molar-refractivity contribution is 6.42. The first-order valence-corrected chi connectivity index (χ1v) is 6.29. The summed E-state index contributed by atoms with van der Waals surface area (Å²) in [7, 11) is 1.86. The summed E-state index contributed by atoms with van der Waals surface area (Å²) in [6.45, 7) is 1.86. The van der Waals surface area contributed by atoms with Crippen LogP contribution in [0.4, 0.5) is 0 Å². The van der Waals surface area contributed by atoms with Gasteiger partial charge in [-0.3, -0.25) is 0 Å². The van der Waals surface area contributed by atoms with Crippen molar-refractivity contribution in [1.29, 1.82) is 0 Å². The van der Waals surface area contributed by atoms with Crippen LogP contribution in [-0.4, -0.2) is 17.0 Å². The zero-order valence-electron chi connectivity index (χ0n) is 10.1. The molecule has 0 amide bonds. The molecule has 1 heterocycles. The minimum atomic E-state index is -0.0992. The zero-order chi connectivity index (χ0) is 13.1. The minimum Gasteiger partial charge on any atom is -0.308 e. The summed E-state index contributed by atoms with van der Waals surface area (Å²) >= 11 is 12.3. The fraction of sp³-hybridized carbons (Fsp3) is 0.231. The van der Waals surface area contributed by atoms with Gasteiger partial charge in [0.2, 0.25) is 0 Å². The smallest absolute Gasteiger partial charge is 0.125 e. The van der Waals surface area contributed by atoms with Gasteiger partial charge in [-0.1, -0.05) is 35.3 Å². The molecule has 2 rings (SSSR count). The average Bonchev–Trinajstić information content (AvgIpc) is 2.35. The number of aryl methyl sites for hydroxylation is 1. The molecule has 0 aliphatic rings. The molecule has 1 aromatic carbocycles. The molecule has 1 N–H and O–H groups in total. The summed E-state index contributed by atoms with van der Waals surface area (Å²) in [6, 6.07) is 7.35. The second kappa shape index (κ2) is 5.65. The monoisotopic (exact) mass is 281 g/mol. The van der Waals surface area contributed by atoms with Gasteiger partial charge in [0.05, 0.1) is 21.8 Å². The van der Waals surface area contributed by atoms with E-state index in [1.807, 2.05) is 32.2 Å². The molecule has 1 atom stereocenters. The number of nitrogens with one attached hydrogen (secondary N) is 1. The molecule has 0 bridgehead atoms. The predicted molar refractivity (Wildman–Crippen MR) is 74.1 cm³/mol. The van der Waals surface area contributed by atoms with Crippen molar-refractivity contribution in [2.45, 2.75) is 13.0 Å². The van der Waals surface area contributed by atoms with E-state index in [-0.39, 0.29) is 6.04 Å². The van der Waals surface area contributed by atoms with Crippen LogP contribution >= 0.6 is 23.2 Å². The lowest BCUT2D eigenvalue weighted by atomic mass is 10.0. The van der Waals surface area contributed by atoms with Gasteiger partial charge in [-0.15, -0.1) is 0 Å². The number of hydrogen-bond donors (Lipinski definition) is 1. The van der Waals surface area contributed by atoms with Crippen molar-refractivity contribution in [3.05, 3.63) is 57.6 Å². The van der Waals surface area contributed by atoms with Crippen molar-refractivity contribution in [2.24, 2.45) is 0 Å². The average molecular weight is 282 g/mol. The van der Waals surface area contributed by atoms with Crippen molar-refractivity contribution in [3.8, 4) is 0 Å². The third-order valence-electron chi connectivity index (χ3n) is 2.67. The number of rotatable bonds is 3. The second-order valence-electron chi connectivity index (χ2n) is 3.89. The Morgan fingerprint density at radius 1 is 1.22 bits per heavy atom. The van der Waals surface area contributed by atoms with Crippen molar-refractivity contribution >= 4 is 23.2 Å². The van der Waals surface area contributed by atoms with Gasteiger partial charge in [0.15, 0.2) is 0 Å². The second-order valence-corrected chi connectivity index (χ2v) is 4.68. The molecule has 1 aromatic heterocycles. The Hall–Kier alpha value is -1.16. The van der Waals surface area contributed by atoms with Crippen LogP contribution in [0.15, 0.2) is 30.5 Å². The van der Waals surface area contributed by atoms with E-state index in [9.17, 15) is 0 Å². The molecule has 18 heavy (non-hydrogen) atoms. The first-order valence-electron chi connectivity index (χ1n) is 5.54. The number of hydrogen-bond acceptors (Lipinski definition) is 3. The predicted octanol–water partition coefficient (Wildman–Crippen LogP) is 3.40. The molecule has 0 saturated carbocycles. The normalized spacial score (nSPS) is 12.4. The molecule has 1 unspecified atom stereocenters. The Bertz CT molecular complexity index is 558. The minimum absolute atomic E-state index is 0.0992. The largest absolute Gasteiger partial charge is 0.308 e. The summed E-state index contributed by atoms with van der Waals surface area (Å²) in [5, 5.41) is 4.29. The van der Waals surface area contributed by atoms with E-state index in [4.69, 9.17) is 23.2 Å². The highest BCUT2D eigenvalue weighted by atomic mass is 35.5. The quantitative estimate of drug-likeness (QED) is 0.937. The highest BCUT2D eigenvalue weighted by Crippen LogP contribution is 2.32.